The van der Waals surface area contributed by atoms with Crippen LogP contribution in [0.1, 0.15) is 29.8 Å². The molecule has 1 N–H and O–H groups in total. The van der Waals surface area contributed by atoms with E-state index in [4.69, 9.17) is 4.74 Å². The number of ether oxygens (including phenoxy) is 1. The Morgan fingerprint density at radius 2 is 2.05 bits per heavy atom. The van der Waals surface area contributed by atoms with Crippen LogP contribution in [-0.4, -0.2) is 13.7 Å². The second-order valence-corrected chi connectivity index (χ2v) is 7.50. The molecule has 2 nitrogen and oxygen atoms in total. The maximum atomic E-state index is 5.37. The van der Waals surface area contributed by atoms with Crippen molar-refractivity contribution in [3.63, 3.8) is 0 Å². The Morgan fingerprint density at radius 3 is 2.67 bits per heavy atom. The van der Waals surface area contributed by atoms with E-state index in [9.17, 15) is 0 Å². The summed E-state index contributed by atoms with van der Waals surface area (Å²) >= 11 is 9.09. The van der Waals surface area contributed by atoms with E-state index in [1.807, 2.05) is 6.07 Å². The molecule has 1 unspecified atom stereocenters. The summed E-state index contributed by atoms with van der Waals surface area (Å²) < 4.78 is 7.67. The van der Waals surface area contributed by atoms with Gasteiger partial charge in [0.2, 0.25) is 0 Å². The van der Waals surface area contributed by atoms with Crippen LogP contribution < -0.4 is 10.1 Å². The van der Waals surface area contributed by atoms with Crippen molar-refractivity contribution >= 4 is 43.2 Å². The predicted molar refractivity (Wildman–Crippen MR) is 97.5 cm³/mol. The summed E-state index contributed by atoms with van der Waals surface area (Å²) in [5, 5.41) is 5.77. The van der Waals surface area contributed by atoms with Crippen LogP contribution in [0.15, 0.2) is 38.6 Å². The number of nitrogens with one attached hydrogen (secondary N) is 1. The lowest BCUT2D eigenvalue weighted by molar-refractivity contribution is 0.412. The van der Waals surface area contributed by atoms with E-state index in [2.05, 4.69) is 67.7 Å². The number of thiophene rings is 1. The Labute approximate surface area is 147 Å². The number of hydrogen-bond acceptors (Lipinski definition) is 3. The first-order chi connectivity index (χ1) is 10.2. The molecule has 0 bridgehead atoms. The van der Waals surface area contributed by atoms with Crippen molar-refractivity contribution in [2.45, 2.75) is 25.8 Å². The number of benzene rings is 1. The molecule has 5 heteroatoms. The van der Waals surface area contributed by atoms with Crippen LogP contribution >= 0.6 is 43.2 Å². The molecule has 0 saturated carbocycles. The van der Waals surface area contributed by atoms with Gasteiger partial charge in [-0.1, -0.05) is 22.9 Å². The van der Waals surface area contributed by atoms with Gasteiger partial charge in [0.25, 0.3) is 0 Å². The lowest BCUT2D eigenvalue weighted by Crippen LogP contribution is -2.24. The van der Waals surface area contributed by atoms with E-state index in [1.54, 1.807) is 18.4 Å². The number of rotatable bonds is 7. The van der Waals surface area contributed by atoms with Gasteiger partial charge in [-0.25, -0.2) is 0 Å². The van der Waals surface area contributed by atoms with Gasteiger partial charge in [-0.3, -0.25) is 0 Å². The van der Waals surface area contributed by atoms with E-state index in [-0.39, 0.29) is 6.04 Å². The van der Waals surface area contributed by atoms with E-state index < -0.39 is 0 Å². The van der Waals surface area contributed by atoms with Gasteiger partial charge in [0.05, 0.1) is 7.11 Å². The molecule has 2 rings (SSSR count). The number of halogens is 2. The molecule has 0 aliphatic heterocycles. The second-order valence-electron chi connectivity index (χ2n) is 4.79. The fourth-order valence-electron chi connectivity index (χ4n) is 2.18. The van der Waals surface area contributed by atoms with E-state index in [0.717, 1.165) is 29.6 Å². The first kappa shape index (κ1) is 17.0. The smallest absolute Gasteiger partial charge is 0.119 e. The predicted octanol–water partition coefficient (Wildman–Crippen LogP) is 5.57. The zero-order valence-electron chi connectivity index (χ0n) is 12.2. The Hall–Kier alpha value is -0.360. The minimum absolute atomic E-state index is 0.268. The van der Waals surface area contributed by atoms with Crippen molar-refractivity contribution in [2.24, 2.45) is 0 Å². The summed E-state index contributed by atoms with van der Waals surface area (Å²) in [6.07, 6.45) is 2.08. The molecule has 2 aromatic rings. The first-order valence-electron chi connectivity index (χ1n) is 6.94. The standard InChI is InChI=1S/C16H19Br2NOS/c1-3-7-19-15(10-16-14(18)6-8-21-16)12-9-11(20-2)4-5-13(12)17/h4-6,8-9,15,19H,3,7,10H2,1-2H3. The molecule has 0 radical (unpaired) electrons. The molecular formula is C16H19Br2NOS. The topological polar surface area (TPSA) is 21.3 Å². The van der Waals surface area contributed by atoms with Gasteiger partial charge in [-0.2, -0.15) is 0 Å². The molecule has 0 aliphatic carbocycles. The third kappa shape index (κ3) is 4.55. The highest BCUT2D eigenvalue weighted by molar-refractivity contribution is 9.10. The van der Waals surface area contributed by atoms with Crippen molar-refractivity contribution in [2.75, 3.05) is 13.7 Å². The Kier molecular flexibility index (Phi) is 6.74. The summed E-state index contributed by atoms with van der Waals surface area (Å²) in [7, 11) is 1.71. The highest BCUT2D eigenvalue weighted by Gasteiger charge is 2.17. The molecule has 1 heterocycles. The minimum Gasteiger partial charge on any atom is -0.497 e. The quantitative estimate of drug-likeness (QED) is 0.617. The monoisotopic (exact) mass is 431 g/mol. The molecule has 0 fully saturated rings. The second kappa shape index (κ2) is 8.32. The van der Waals surface area contributed by atoms with Crippen LogP contribution in [0.2, 0.25) is 0 Å². The van der Waals surface area contributed by atoms with Crippen LogP contribution in [0, 0.1) is 0 Å². The third-order valence-corrected chi connectivity index (χ3v) is 5.97. The van der Waals surface area contributed by atoms with Crippen molar-refractivity contribution in [3.05, 3.63) is 49.0 Å². The average molecular weight is 433 g/mol. The van der Waals surface area contributed by atoms with Crippen LogP contribution in [0.5, 0.6) is 5.75 Å². The summed E-state index contributed by atoms with van der Waals surface area (Å²) in [4.78, 5) is 1.36. The van der Waals surface area contributed by atoms with E-state index in [0.29, 0.717) is 0 Å². The van der Waals surface area contributed by atoms with Gasteiger partial charge >= 0.3 is 0 Å². The maximum absolute atomic E-state index is 5.37. The molecule has 0 spiro atoms. The molecule has 1 aromatic heterocycles. The van der Waals surface area contributed by atoms with Crippen molar-refractivity contribution in [1.82, 2.24) is 5.32 Å². The number of hydrogen-bond donors (Lipinski definition) is 1. The largest absolute Gasteiger partial charge is 0.497 e. The molecule has 1 atom stereocenters. The minimum atomic E-state index is 0.268. The normalized spacial score (nSPS) is 12.4. The highest BCUT2D eigenvalue weighted by atomic mass is 79.9. The first-order valence-corrected chi connectivity index (χ1v) is 9.41. The Balaban J connectivity index is 2.28. The van der Waals surface area contributed by atoms with Crippen molar-refractivity contribution < 1.29 is 4.74 Å². The van der Waals surface area contributed by atoms with Crippen LogP contribution in [-0.2, 0) is 6.42 Å². The summed E-state index contributed by atoms with van der Waals surface area (Å²) in [6.45, 7) is 3.18. The summed E-state index contributed by atoms with van der Waals surface area (Å²) in [6, 6.07) is 8.52. The lowest BCUT2D eigenvalue weighted by atomic mass is 10.0. The average Bonchev–Trinajstić information content (AvgIpc) is 2.89. The highest BCUT2D eigenvalue weighted by Crippen LogP contribution is 2.33. The third-order valence-electron chi connectivity index (χ3n) is 3.30. The molecule has 21 heavy (non-hydrogen) atoms. The SMILES string of the molecule is CCCNC(Cc1sccc1Br)c1cc(OC)ccc1Br. The van der Waals surface area contributed by atoms with Gasteiger partial charge in [0.15, 0.2) is 0 Å². The van der Waals surface area contributed by atoms with Crippen molar-refractivity contribution in [3.8, 4) is 5.75 Å². The summed E-state index contributed by atoms with van der Waals surface area (Å²) in [5.74, 6) is 0.891. The fourth-order valence-corrected chi connectivity index (χ4v) is 4.27. The van der Waals surface area contributed by atoms with Gasteiger partial charge < -0.3 is 10.1 Å². The molecule has 0 amide bonds. The zero-order valence-corrected chi connectivity index (χ0v) is 16.1. The lowest BCUT2D eigenvalue weighted by Gasteiger charge is -2.21. The summed E-state index contributed by atoms with van der Waals surface area (Å²) in [5.41, 5.74) is 1.24. The van der Waals surface area contributed by atoms with Crippen LogP contribution in [0.3, 0.4) is 0 Å². The molecule has 0 saturated heterocycles. The molecule has 0 aliphatic rings. The Morgan fingerprint density at radius 1 is 1.24 bits per heavy atom. The van der Waals surface area contributed by atoms with E-state index >= 15 is 0 Å². The molecule has 1 aromatic carbocycles. The van der Waals surface area contributed by atoms with Gasteiger partial charge in [0, 0.05) is 26.3 Å². The maximum Gasteiger partial charge on any atom is 0.119 e. The van der Waals surface area contributed by atoms with Crippen LogP contribution in [0.4, 0.5) is 0 Å². The van der Waals surface area contributed by atoms with Gasteiger partial charge in [-0.15, -0.1) is 11.3 Å². The van der Waals surface area contributed by atoms with Crippen LogP contribution in [0.25, 0.3) is 0 Å². The van der Waals surface area contributed by atoms with Gasteiger partial charge in [0.1, 0.15) is 5.75 Å². The zero-order chi connectivity index (χ0) is 15.2. The molecule has 114 valence electrons. The van der Waals surface area contributed by atoms with E-state index in [1.165, 1.54) is 14.9 Å². The number of methoxy groups -OCH3 is 1. The van der Waals surface area contributed by atoms with Gasteiger partial charge in [-0.05, 0) is 64.1 Å². The molecular weight excluding hydrogens is 414 g/mol. The Bertz CT molecular complexity index is 585. The fraction of sp³-hybridized carbons (Fsp3) is 0.375. The van der Waals surface area contributed by atoms with Crippen molar-refractivity contribution in [1.29, 1.82) is 0 Å².